The van der Waals surface area contributed by atoms with E-state index in [1.807, 2.05) is 37.9 Å². The second kappa shape index (κ2) is 9.19. The number of hydrogen-bond acceptors (Lipinski definition) is 5. The van der Waals surface area contributed by atoms with Crippen LogP contribution in [0.2, 0.25) is 0 Å². The van der Waals surface area contributed by atoms with E-state index in [0.717, 1.165) is 22.4 Å². The van der Waals surface area contributed by atoms with E-state index in [0.29, 0.717) is 17.8 Å². The SMILES string of the molecule is COC(=O)c1ccc(C)c(NC(=O)CN(C)Cc2cc(C)ccc2OC)c1. The number of hydrogen-bond donors (Lipinski definition) is 1. The van der Waals surface area contributed by atoms with Crippen LogP contribution in [0.3, 0.4) is 0 Å². The Labute approximate surface area is 160 Å². The molecule has 1 amide bonds. The van der Waals surface area contributed by atoms with Gasteiger partial charge in [-0.2, -0.15) is 0 Å². The molecule has 27 heavy (non-hydrogen) atoms. The third-order valence-electron chi connectivity index (χ3n) is 4.22. The molecule has 144 valence electrons. The minimum Gasteiger partial charge on any atom is -0.496 e. The number of amides is 1. The molecule has 0 aliphatic rings. The Balaban J connectivity index is 2.03. The van der Waals surface area contributed by atoms with Crippen molar-refractivity contribution in [3.8, 4) is 5.75 Å². The van der Waals surface area contributed by atoms with Gasteiger partial charge in [-0.05, 0) is 44.7 Å². The first-order chi connectivity index (χ1) is 12.8. The van der Waals surface area contributed by atoms with Crippen LogP contribution in [0.1, 0.15) is 27.0 Å². The van der Waals surface area contributed by atoms with E-state index in [-0.39, 0.29) is 12.5 Å². The van der Waals surface area contributed by atoms with Crippen LogP contribution in [0.5, 0.6) is 5.75 Å². The lowest BCUT2D eigenvalue weighted by molar-refractivity contribution is -0.117. The molecule has 0 radical (unpaired) electrons. The lowest BCUT2D eigenvalue weighted by Crippen LogP contribution is -2.30. The molecule has 0 aliphatic heterocycles. The number of carbonyl (C=O) groups excluding carboxylic acids is 2. The Morgan fingerprint density at radius 2 is 1.81 bits per heavy atom. The van der Waals surface area contributed by atoms with Crippen LogP contribution in [-0.2, 0) is 16.1 Å². The van der Waals surface area contributed by atoms with Gasteiger partial charge in [-0.15, -0.1) is 0 Å². The normalized spacial score (nSPS) is 10.6. The molecule has 2 rings (SSSR count). The van der Waals surface area contributed by atoms with Crippen LogP contribution in [0.15, 0.2) is 36.4 Å². The zero-order chi connectivity index (χ0) is 20.0. The van der Waals surface area contributed by atoms with Crippen molar-refractivity contribution in [3.63, 3.8) is 0 Å². The molecule has 0 spiro atoms. The van der Waals surface area contributed by atoms with Gasteiger partial charge < -0.3 is 14.8 Å². The molecule has 0 unspecified atom stereocenters. The molecular weight excluding hydrogens is 344 g/mol. The summed E-state index contributed by atoms with van der Waals surface area (Å²) < 4.78 is 10.1. The Morgan fingerprint density at radius 1 is 1.07 bits per heavy atom. The minimum atomic E-state index is -0.436. The molecular formula is C21H26N2O4. The molecule has 0 fully saturated rings. The van der Waals surface area contributed by atoms with Crippen molar-refractivity contribution < 1.29 is 19.1 Å². The molecule has 0 saturated heterocycles. The second-order valence-corrected chi connectivity index (χ2v) is 6.56. The number of likely N-dealkylation sites (N-methyl/N-ethyl adjacent to an activating group) is 1. The van der Waals surface area contributed by atoms with Gasteiger partial charge in [-0.25, -0.2) is 4.79 Å². The maximum absolute atomic E-state index is 12.4. The second-order valence-electron chi connectivity index (χ2n) is 6.56. The van der Waals surface area contributed by atoms with E-state index in [1.54, 1.807) is 25.3 Å². The highest BCUT2D eigenvalue weighted by Crippen LogP contribution is 2.21. The van der Waals surface area contributed by atoms with E-state index < -0.39 is 5.97 Å². The van der Waals surface area contributed by atoms with Gasteiger partial charge in [0.15, 0.2) is 0 Å². The molecule has 0 aromatic heterocycles. The van der Waals surface area contributed by atoms with E-state index in [4.69, 9.17) is 9.47 Å². The number of ether oxygens (including phenoxy) is 2. The summed E-state index contributed by atoms with van der Waals surface area (Å²) >= 11 is 0. The first-order valence-electron chi connectivity index (χ1n) is 8.65. The Bertz CT molecular complexity index is 833. The summed E-state index contributed by atoms with van der Waals surface area (Å²) in [4.78, 5) is 26.0. The smallest absolute Gasteiger partial charge is 0.337 e. The standard InChI is InChI=1S/C21H26N2O4/c1-14-6-9-19(26-4)17(10-14)12-23(3)13-20(24)22-18-11-16(21(25)27-5)8-7-15(18)2/h6-11H,12-13H2,1-5H3,(H,22,24). The van der Waals surface area contributed by atoms with Gasteiger partial charge >= 0.3 is 5.97 Å². The van der Waals surface area contributed by atoms with Crippen LogP contribution >= 0.6 is 0 Å². The van der Waals surface area contributed by atoms with Crippen LogP contribution in [0.4, 0.5) is 5.69 Å². The number of benzene rings is 2. The zero-order valence-electron chi connectivity index (χ0n) is 16.5. The van der Waals surface area contributed by atoms with Crippen molar-refractivity contribution in [2.45, 2.75) is 20.4 Å². The van der Waals surface area contributed by atoms with Gasteiger partial charge in [0.25, 0.3) is 0 Å². The first-order valence-corrected chi connectivity index (χ1v) is 8.65. The fourth-order valence-electron chi connectivity index (χ4n) is 2.81. The molecule has 0 heterocycles. The van der Waals surface area contributed by atoms with Crippen LogP contribution in [-0.4, -0.2) is 44.6 Å². The number of nitrogens with zero attached hydrogens (tertiary/aromatic N) is 1. The summed E-state index contributed by atoms with van der Waals surface area (Å²) in [6, 6.07) is 11.1. The number of aryl methyl sites for hydroxylation is 2. The Morgan fingerprint density at radius 3 is 2.48 bits per heavy atom. The van der Waals surface area contributed by atoms with Crippen LogP contribution in [0, 0.1) is 13.8 Å². The maximum Gasteiger partial charge on any atom is 0.337 e. The summed E-state index contributed by atoms with van der Waals surface area (Å²) in [5.74, 6) is 0.206. The minimum absolute atomic E-state index is 0.158. The molecule has 6 nitrogen and oxygen atoms in total. The largest absolute Gasteiger partial charge is 0.496 e. The third kappa shape index (κ3) is 5.56. The monoisotopic (exact) mass is 370 g/mol. The number of nitrogens with one attached hydrogen (secondary N) is 1. The van der Waals surface area contributed by atoms with Crippen molar-refractivity contribution in [3.05, 3.63) is 58.7 Å². The average Bonchev–Trinajstić information content (AvgIpc) is 2.62. The number of rotatable bonds is 7. The van der Waals surface area contributed by atoms with E-state index in [2.05, 4.69) is 11.4 Å². The third-order valence-corrected chi connectivity index (χ3v) is 4.22. The van der Waals surface area contributed by atoms with Gasteiger partial charge in [-0.1, -0.05) is 23.8 Å². The fourth-order valence-corrected chi connectivity index (χ4v) is 2.81. The summed E-state index contributed by atoms with van der Waals surface area (Å²) in [7, 11) is 4.84. The van der Waals surface area contributed by atoms with Gasteiger partial charge in [0.1, 0.15) is 5.75 Å². The maximum atomic E-state index is 12.4. The molecule has 2 aromatic carbocycles. The highest BCUT2D eigenvalue weighted by atomic mass is 16.5. The van der Waals surface area contributed by atoms with Gasteiger partial charge in [0.2, 0.25) is 5.91 Å². The first kappa shape index (κ1) is 20.5. The molecule has 1 N–H and O–H groups in total. The number of esters is 1. The summed E-state index contributed by atoms with van der Waals surface area (Å²) in [5, 5.41) is 2.87. The van der Waals surface area contributed by atoms with Crippen LogP contribution in [0.25, 0.3) is 0 Å². The Hall–Kier alpha value is -2.86. The lowest BCUT2D eigenvalue weighted by Gasteiger charge is -2.19. The van der Waals surface area contributed by atoms with Gasteiger partial charge in [0.05, 0.1) is 26.3 Å². The fraction of sp³-hybridized carbons (Fsp3) is 0.333. The molecule has 0 aliphatic carbocycles. The topological polar surface area (TPSA) is 67.9 Å². The highest BCUT2D eigenvalue weighted by Gasteiger charge is 2.13. The number of methoxy groups -OCH3 is 2. The average molecular weight is 370 g/mol. The molecule has 0 atom stereocenters. The van der Waals surface area contributed by atoms with Crippen molar-refractivity contribution >= 4 is 17.6 Å². The number of carbonyl (C=O) groups is 2. The predicted octanol–water partition coefficient (Wildman–Crippen LogP) is 3.17. The van der Waals surface area contributed by atoms with Crippen molar-refractivity contribution in [2.75, 3.05) is 33.1 Å². The van der Waals surface area contributed by atoms with E-state index in [1.165, 1.54) is 7.11 Å². The van der Waals surface area contributed by atoms with Crippen molar-refractivity contribution in [1.29, 1.82) is 0 Å². The number of anilines is 1. The summed E-state index contributed by atoms with van der Waals surface area (Å²) in [6.45, 7) is 4.68. The zero-order valence-corrected chi connectivity index (χ0v) is 16.5. The van der Waals surface area contributed by atoms with Gasteiger partial charge in [0, 0.05) is 17.8 Å². The molecule has 2 aromatic rings. The lowest BCUT2D eigenvalue weighted by atomic mass is 10.1. The molecule has 6 heteroatoms. The van der Waals surface area contributed by atoms with Crippen molar-refractivity contribution in [2.24, 2.45) is 0 Å². The highest BCUT2D eigenvalue weighted by molar-refractivity contribution is 5.96. The van der Waals surface area contributed by atoms with Crippen LogP contribution < -0.4 is 10.1 Å². The quantitative estimate of drug-likeness (QED) is 0.758. The van der Waals surface area contributed by atoms with E-state index in [9.17, 15) is 9.59 Å². The Kier molecular flexibility index (Phi) is 6.96. The molecule has 0 saturated carbocycles. The van der Waals surface area contributed by atoms with Crippen molar-refractivity contribution in [1.82, 2.24) is 4.90 Å². The molecule has 0 bridgehead atoms. The summed E-state index contributed by atoms with van der Waals surface area (Å²) in [5.41, 5.74) is 4.04. The van der Waals surface area contributed by atoms with E-state index >= 15 is 0 Å². The van der Waals surface area contributed by atoms with Gasteiger partial charge in [-0.3, -0.25) is 9.69 Å². The summed E-state index contributed by atoms with van der Waals surface area (Å²) in [6.07, 6.45) is 0. The predicted molar refractivity (Wildman–Crippen MR) is 105 cm³/mol.